The van der Waals surface area contributed by atoms with Crippen LogP contribution in [0.3, 0.4) is 0 Å². The van der Waals surface area contributed by atoms with E-state index in [1.54, 1.807) is 4.90 Å². The van der Waals surface area contributed by atoms with Crippen LogP contribution in [0.25, 0.3) is 0 Å². The molecule has 1 saturated carbocycles. The van der Waals surface area contributed by atoms with Crippen molar-refractivity contribution in [3.05, 3.63) is 0 Å². The molecule has 4 heteroatoms. The molecular weight excluding hydrogens is 242 g/mol. The van der Waals surface area contributed by atoms with Gasteiger partial charge in [-0.05, 0) is 31.6 Å². The fourth-order valence-corrected chi connectivity index (χ4v) is 3.43. The lowest BCUT2D eigenvalue weighted by Crippen LogP contribution is -2.48. The molecule has 1 N–H and O–H groups in total. The Bertz CT molecular complexity index is 323. The van der Waals surface area contributed by atoms with E-state index in [1.165, 1.54) is 32.1 Å². The van der Waals surface area contributed by atoms with Gasteiger partial charge in [-0.25, -0.2) is 4.79 Å². The number of carboxylic acid groups (broad SMARTS) is 1. The number of likely N-dealkylation sites (tertiary alicyclic amines) is 1. The van der Waals surface area contributed by atoms with Gasteiger partial charge in [0.1, 0.15) is 6.04 Å². The Labute approximate surface area is 115 Å². The second-order valence-electron chi connectivity index (χ2n) is 5.98. The van der Waals surface area contributed by atoms with Gasteiger partial charge in [-0.2, -0.15) is 0 Å². The lowest BCUT2D eigenvalue weighted by molar-refractivity contribution is -0.152. The smallest absolute Gasteiger partial charge is 0.326 e. The number of aliphatic carboxylic acids is 1. The predicted molar refractivity (Wildman–Crippen MR) is 72.8 cm³/mol. The summed E-state index contributed by atoms with van der Waals surface area (Å²) in [4.78, 5) is 25.0. The van der Waals surface area contributed by atoms with Crippen molar-refractivity contribution in [1.82, 2.24) is 4.90 Å². The third kappa shape index (κ3) is 3.95. The Morgan fingerprint density at radius 2 is 1.68 bits per heavy atom. The molecule has 1 aliphatic carbocycles. The van der Waals surface area contributed by atoms with Crippen molar-refractivity contribution >= 4 is 11.9 Å². The van der Waals surface area contributed by atoms with E-state index in [0.29, 0.717) is 25.3 Å². The number of rotatable bonds is 4. The van der Waals surface area contributed by atoms with E-state index < -0.39 is 12.0 Å². The number of nitrogens with zero attached hydrogens (tertiary/aromatic N) is 1. The van der Waals surface area contributed by atoms with Crippen molar-refractivity contribution in [3.8, 4) is 0 Å². The average Bonchev–Trinajstić information content (AvgIpc) is 2.46. The Hall–Kier alpha value is -1.06. The molecule has 0 aromatic rings. The molecule has 0 aromatic heterocycles. The zero-order valence-corrected chi connectivity index (χ0v) is 11.6. The van der Waals surface area contributed by atoms with Gasteiger partial charge >= 0.3 is 5.97 Å². The zero-order valence-electron chi connectivity index (χ0n) is 11.6. The number of hydrogen-bond donors (Lipinski definition) is 1. The fraction of sp³-hybridized carbons (Fsp3) is 0.867. The van der Waals surface area contributed by atoms with E-state index in [2.05, 4.69) is 0 Å². The highest BCUT2D eigenvalue weighted by Gasteiger charge is 2.31. The maximum atomic E-state index is 12.2. The number of hydrogen-bond acceptors (Lipinski definition) is 2. The van der Waals surface area contributed by atoms with E-state index in [-0.39, 0.29) is 5.91 Å². The van der Waals surface area contributed by atoms with Crippen molar-refractivity contribution in [2.75, 3.05) is 6.54 Å². The molecule has 0 unspecified atom stereocenters. The van der Waals surface area contributed by atoms with Crippen LogP contribution in [0, 0.1) is 5.92 Å². The van der Waals surface area contributed by atoms with Gasteiger partial charge in [0.05, 0.1) is 0 Å². The van der Waals surface area contributed by atoms with Crippen LogP contribution in [-0.4, -0.2) is 34.5 Å². The highest BCUT2D eigenvalue weighted by molar-refractivity contribution is 5.83. The highest BCUT2D eigenvalue weighted by atomic mass is 16.4. The van der Waals surface area contributed by atoms with E-state index >= 15 is 0 Å². The SMILES string of the molecule is O=C(O)[C@@H]1CCCCN1C(=O)CCC1CCCCC1. The van der Waals surface area contributed by atoms with E-state index in [9.17, 15) is 14.7 Å². The number of carboxylic acids is 1. The Morgan fingerprint density at radius 3 is 2.37 bits per heavy atom. The summed E-state index contributed by atoms with van der Waals surface area (Å²) in [6.45, 7) is 0.625. The third-order valence-corrected chi connectivity index (χ3v) is 4.60. The van der Waals surface area contributed by atoms with Crippen molar-refractivity contribution in [1.29, 1.82) is 0 Å². The first-order chi connectivity index (χ1) is 9.18. The summed E-state index contributed by atoms with van der Waals surface area (Å²) in [5.41, 5.74) is 0. The standard InChI is InChI=1S/C15H25NO3/c17-14(10-9-12-6-2-1-3-7-12)16-11-5-4-8-13(16)15(18)19/h12-13H,1-11H2,(H,18,19)/t13-/m0/s1. The Balaban J connectivity index is 1.81. The number of carbonyl (C=O) groups excluding carboxylic acids is 1. The number of carbonyl (C=O) groups is 2. The van der Waals surface area contributed by atoms with E-state index in [0.717, 1.165) is 19.3 Å². The minimum Gasteiger partial charge on any atom is -0.480 e. The van der Waals surface area contributed by atoms with Gasteiger partial charge in [0.25, 0.3) is 0 Å². The van der Waals surface area contributed by atoms with Crippen molar-refractivity contribution in [2.45, 2.75) is 70.3 Å². The zero-order chi connectivity index (χ0) is 13.7. The quantitative estimate of drug-likeness (QED) is 0.852. The Kier molecular flexibility index (Phi) is 5.23. The second kappa shape index (κ2) is 6.92. The summed E-state index contributed by atoms with van der Waals surface area (Å²) in [5, 5.41) is 9.18. The molecule has 1 atom stereocenters. The topological polar surface area (TPSA) is 57.6 Å². The van der Waals surface area contributed by atoms with Crippen LogP contribution >= 0.6 is 0 Å². The van der Waals surface area contributed by atoms with Crippen LogP contribution < -0.4 is 0 Å². The Morgan fingerprint density at radius 1 is 1.00 bits per heavy atom. The summed E-state index contributed by atoms with van der Waals surface area (Å²) in [7, 11) is 0. The molecule has 0 radical (unpaired) electrons. The molecular formula is C15H25NO3. The molecule has 4 nitrogen and oxygen atoms in total. The second-order valence-corrected chi connectivity index (χ2v) is 5.98. The molecule has 0 aromatic carbocycles. The largest absolute Gasteiger partial charge is 0.480 e. The van der Waals surface area contributed by atoms with Gasteiger partial charge in [0.15, 0.2) is 0 Å². The van der Waals surface area contributed by atoms with Gasteiger partial charge < -0.3 is 10.0 Å². The molecule has 2 fully saturated rings. The molecule has 108 valence electrons. The van der Waals surface area contributed by atoms with Gasteiger partial charge in [-0.1, -0.05) is 32.1 Å². The summed E-state index contributed by atoms with van der Waals surface area (Å²) in [6, 6.07) is -0.576. The molecule has 0 spiro atoms. The summed E-state index contributed by atoms with van der Waals surface area (Å²) in [6.07, 6.45) is 10.4. The first-order valence-electron chi connectivity index (χ1n) is 7.71. The van der Waals surface area contributed by atoms with Crippen LogP contribution in [0.5, 0.6) is 0 Å². The van der Waals surface area contributed by atoms with Gasteiger partial charge in [-0.15, -0.1) is 0 Å². The lowest BCUT2D eigenvalue weighted by atomic mass is 9.86. The predicted octanol–water partition coefficient (Wildman–Crippen LogP) is 2.81. The minimum absolute atomic E-state index is 0.0534. The number of amides is 1. The van der Waals surface area contributed by atoms with Crippen LogP contribution in [0.4, 0.5) is 0 Å². The fourth-order valence-electron chi connectivity index (χ4n) is 3.43. The molecule has 0 bridgehead atoms. The monoisotopic (exact) mass is 267 g/mol. The van der Waals surface area contributed by atoms with Crippen LogP contribution in [0.1, 0.15) is 64.2 Å². The molecule has 1 aliphatic heterocycles. The molecule has 1 amide bonds. The number of piperidine rings is 1. The summed E-state index contributed by atoms with van der Waals surface area (Å²) >= 11 is 0. The van der Waals surface area contributed by atoms with Crippen molar-refractivity contribution in [2.24, 2.45) is 5.92 Å². The van der Waals surface area contributed by atoms with E-state index in [1.807, 2.05) is 0 Å². The first-order valence-corrected chi connectivity index (χ1v) is 7.71. The molecule has 1 saturated heterocycles. The molecule has 19 heavy (non-hydrogen) atoms. The molecule has 2 rings (SSSR count). The third-order valence-electron chi connectivity index (χ3n) is 4.60. The molecule has 2 aliphatic rings. The van der Waals surface area contributed by atoms with Crippen LogP contribution in [0.2, 0.25) is 0 Å². The normalized spacial score (nSPS) is 25.3. The maximum absolute atomic E-state index is 12.2. The summed E-state index contributed by atoms with van der Waals surface area (Å²) in [5.74, 6) is -0.103. The van der Waals surface area contributed by atoms with Gasteiger partial charge in [-0.3, -0.25) is 4.79 Å². The van der Waals surface area contributed by atoms with E-state index in [4.69, 9.17) is 0 Å². The highest BCUT2D eigenvalue weighted by Crippen LogP contribution is 2.28. The lowest BCUT2D eigenvalue weighted by Gasteiger charge is -2.33. The average molecular weight is 267 g/mol. The summed E-state index contributed by atoms with van der Waals surface area (Å²) < 4.78 is 0. The van der Waals surface area contributed by atoms with Gasteiger partial charge in [0, 0.05) is 13.0 Å². The van der Waals surface area contributed by atoms with Crippen molar-refractivity contribution in [3.63, 3.8) is 0 Å². The van der Waals surface area contributed by atoms with Crippen LogP contribution in [-0.2, 0) is 9.59 Å². The van der Waals surface area contributed by atoms with Gasteiger partial charge in [0.2, 0.25) is 5.91 Å². The van der Waals surface area contributed by atoms with Crippen LogP contribution in [0.15, 0.2) is 0 Å². The van der Waals surface area contributed by atoms with Crippen molar-refractivity contribution < 1.29 is 14.7 Å². The molecule has 1 heterocycles. The first kappa shape index (κ1) is 14.4. The minimum atomic E-state index is -0.842. The maximum Gasteiger partial charge on any atom is 0.326 e.